The number of benzene rings is 2. The van der Waals surface area contributed by atoms with Crippen molar-refractivity contribution in [1.29, 1.82) is 0 Å². The summed E-state index contributed by atoms with van der Waals surface area (Å²) in [6.45, 7) is 7.22. The number of amides is 1. The molecule has 6 heteroatoms. The summed E-state index contributed by atoms with van der Waals surface area (Å²) in [6.07, 6.45) is 0.332. The standard InChI is InChI=1S/C27H30N4O2/c1-18-16-20(3)29-27-25(18)26(22-12-8-9-13-23(22)33-4)30-31(27)15-14-24(32)28-17-19(2)21-10-6-5-7-11-21/h5-13,16,19H,14-15,17H2,1-4H3,(H,28,32)/t19-/m1/s1. The minimum absolute atomic E-state index is 0.00430. The third-order valence-corrected chi connectivity index (χ3v) is 5.91. The van der Waals surface area contributed by atoms with Gasteiger partial charge in [0.2, 0.25) is 5.91 Å². The second-order valence-corrected chi connectivity index (χ2v) is 8.42. The average Bonchev–Trinajstić information content (AvgIpc) is 3.20. The Balaban J connectivity index is 1.55. The molecular weight excluding hydrogens is 412 g/mol. The summed E-state index contributed by atoms with van der Waals surface area (Å²) in [4.78, 5) is 17.4. The zero-order valence-electron chi connectivity index (χ0n) is 19.6. The number of fused-ring (bicyclic) bond motifs is 1. The van der Waals surface area contributed by atoms with Gasteiger partial charge in [0.05, 0.1) is 19.0 Å². The number of carbonyl (C=O) groups is 1. The molecule has 0 aliphatic rings. The van der Waals surface area contributed by atoms with Gasteiger partial charge in [0.1, 0.15) is 11.4 Å². The molecule has 4 aromatic rings. The summed E-state index contributed by atoms with van der Waals surface area (Å²) in [5.41, 5.74) is 5.77. The second-order valence-electron chi connectivity index (χ2n) is 8.42. The topological polar surface area (TPSA) is 69.0 Å². The molecule has 1 amide bonds. The molecule has 1 N–H and O–H groups in total. The first-order valence-corrected chi connectivity index (χ1v) is 11.3. The highest BCUT2D eigenvalue weighted by atomic mass is 16.5. The monoisotopic (exact) mass is 442 g/mol. The SMILES string of the molecule is COc1ccccc1-c1nn(CCC(=O)NC[C@@H](C)c2ccccc2)c2nc(C)cc(C)c12. The van der Waals surface area contributed by atoms with E-state index in [9.17, 15) is 4.79 Å². The Morgan fingerprint density at radius 2 is 1.82 bits per heavy atom. The fraction of sp³-hybridized carbons (Fsp3) is 0.296. The summed E-state index contributed by atoms with van der Waals surface area (Å²) in [6, 6.07) is 20.1. The molecule has 0 radical (unpaired) electrons. The Bertz CT molecular complexity index is 1260. The second kappa shape index (κ2) is 9.86. The number of aromatic nitrogens is 3. The van der Waals surface area contributed by atoms with Gasteiger partial charge >= 0.3 is 0 Å². The molecule has 0 fully saturated rings. The largest absolute Gasteiger partial charge is 0.496 e. The van der Waals surface area contributed by atoms with E-state index in [1.807, 2.05) is 54.1 Å². The van der Waals surface area contributed by atoms with Crippen LogP contribution in [0, 0.1) is 13.8 Å². The lowest BCUT2D eigenvalue weighted by atomic mass is 10.0. The van der Waals surface area contributed by atoms with Gasteiger partial charge in [-0.25, -0.2) is 9.67 Å². The number of pyridine rings is 1. The number of hydrogen-bond donors (Lipinski definition) is 1. The van der Waals surface area contributed by atoms with E-state index in [1.165, 1.54) is 5.56 Å². The summed E-state index contributed by atoms with van der Waals surface area (Å²) >= 11 is 0. The van der Waals surface area contributed by atoms with E-state index in [1.54, 1.807) is 7.11 Å². The maximum Gasteiger partial charge on any atom is 0.221 e. The van der Waals surface area contributed by atoms with Gasteiger partial charge in [-0.05, 0) is 49.1 Å². The molecule has 0 spiro atoms. The molecule has 0 saturated heterocycles. The first-order valence-electron chi connectivity index (χ1n) is 11.3. The van der Waals surface area contributed by atoms with Gasteiger partial charge in [-0.15, -0.1) is 0 Å². The number of para-hydroxylation sites is 1. The van der Waals surface area contributed by atoms with E-state index < -0.39 is 0 Å². The minimum Gasteiger partial charge on any atom is -0.496 e. The van der Waals surface area contributed by atoms with Gasteiger partial charge in [0, 0.05) is 24.2 Å². The van der Waals surface area contributed by atoms with Crippen molar-refractivity contribution >= 4 is 16.9 Å². The van der Waals surface area contributed by atoms with Crippen LogP contribution in [0.3, 0.4) is 0 Å². The van der Waals surface area contributed by atoms with Gasteiger partial charge in [-0.2, -0.15) is 5.10 Å². The van der Waals surface area contributed by atoms with Gasteiger partial charge in [-0.1, -0.05) is 49.4 Å². The number of carbonyl (C=O) groups excluding carboxylic acids is 1. The van der Waals surface area contributed by atoms with Gasteiger partial charge in [0.25, 0.3) is 0 Å². The molecule has 1 atom stereocenters. The molecular formula is C27H30N4O2. The number of hydrogen-bond acceptors (Lipinski definition) is 4. The highest BCUT2D eigenvalue weighted by Gasteiger charge is 2.19. The van der Waals surface area contributed by atoms with Gasteiger partial charge in [0.15, 0.2) is 5.65 Å². The Hall–Kier alpha value is -3.67. The van der Waals surface area contributed by atoms with Crippen LogP contribution < -0.4 is 10.1 Å². The maximum atomic E-state index is 12.6. The Morgan fingerprint density at radius 3 is 2.58 bits per heavy atom. The first-order chi connectivity index (χ1) is 16.0. The molecule has 4 rings (SSSR count). The molecule has 0 aliphatic heterocycles. The molecule has 0 saturated carbocycles. The zero-order valence-corrected chi connectivity index (χ0v) is 19.6. The summed E-state index contributed by atoms with van der Waals surface area (Å²) in [5.74, 6) is 1.02. The number of nitrogens with one attached hydrogen (secondary N) is 1. The van der Waals surface area contributed by atoms with Crippen molar-refractivity contribution in [3.63, 3.8) is 0 Å². The molecule has 2 aromatic carbocycles. The summed E-state index contributed by atoms with van der Waals surface area (Å²) in [5, 5.41) is 8.93. The number of nitrogens with zero attached hydrogens (tertiary/aromatic N) is 3. The van der Waals surface area contributed by atoms with Crippen molar-refractivity contribution in [3.05, 3.63) is 77.5 Å². The lowest BCUT2D eigenvalue weighted by molar-refractivity contribution is -0.121. The number of ether oxygens (including phenoxy) is 1. The summed E-state index contributed by atoms with van der Waals surface area (Å²) in [7, 11) is 1.66. The number of methoxy groups -OCH3 is 1. The van der Waals surface area contributed by atoms with Crippen LogP contribution in [0.1, 0.15) is 36.1 Å². The van der Waals surface area contributed by atoms with E-state index in [-0.39, 0.29) is 11.8 Å². The molecule has 2 heterocycles. The summed E-state index contributed by atoms with van der Waals surface area (Å²) < 4.78 is 7.42. The van der Waals surface area contributed by atoms with E-state index in [2.05, 4.69) is 37.4 Å². The Morgan fingerprint density at radius 1 is 1.09 bits per heavy atom. The van der Waals surface area contributed by atoms with Crippen LogP contribution in [0.4, 0.5) is 0 Å². The third-order valence-electron chi connectivity index (χ3n) is 5.91. The number of aryl methyl sites for hydroxylation is 3. The molecule has 2 aromatic heterocycles. The maximum absolute atomic E-state index is 12.6. The van der Waals surface area contributed by atoms with Crippen LogP contribution in [0.5, 0.6) is 5.75 Å². The van der Waals surface area contributed by atoms with Crippen molar-refractivity contribution in [2.24, 2.45) is 0 Å². The van der Waals surface area contributed by atoms with E-state index in [0.717, 1.165) is 39.3 Å². The normalized spacial score (nSPS) is 12.0. The zero-order chi connectivity index (χ0) is 23.4. The van der Waals surface area contributed by atoms with E-state index >= 15 is 0 Å². The predicted octanol–water partition coefficient (Wildman–Crippen LogP) is 5.03. The lowest BCUT2D eigenvalue weighted by Gasteiger charge is -2.13. The van der Waals surface area contributed by atoms with Crippen LogP contribution in [-0.2, 0) is 11.3 Å². The third kappa shape index (κ3) is 4.90. The average molecular weight is 443 g/mol. The molecule has 6 nitrogen and oxygen atoms in total. The van der Waals surface area contributed by atoms with Crippen LogP contribution >= 0.6 is 0 Å². The molecule has 0 aliphatic carbocycles. The van der Waals surface area contributed by atoms with Gasteiger partial charge in [-0.3, -0.25) is 4.79 Å². The first kappa shape index (κ1) is 22.5. The van der Waals surface area contributed by atoms with Crippen molar-refractivity contribution in [1.82, 2.24) is 20.1 Å². The van der Waals surface area contributed by atoms with Crippen molar-refractivity contribution in [2.75, 3.05) is 13.7 Å². The molecule has 170 valence electrons. The molecule has 0 unspecified atom stereocenters. The van der Waals surface area contributed by atoms with Crippen LogP contribution in [0.2, 0.25) is 0 Å². The van der Waals surface area contributed by atoms with Crippen molar-refractivity contribution in [3.8, 4) is 17.0 Å². The van der Waals surface area contributed by atoms with E-state index in [0.29, 0.717) is 19.5 Å². The smallest absolute Gasteiger partial charge is 0.221 e. The highest BCUT2D eigenvalue weighted by Crippen LogP contribution is 2.35. The molecule has 0 bridgehead atoms. The van der Waals surface area contributed by atoms with Crippen LogP contribution in [0.15, 0.2) is 60.7 Å². The Kier molecular flexibility index (Phi) is 6.73. The molecule has 33 heavy (non-hydrogen) atoms. The van der Waals surface area contributed by atoms with Gasteiger partial charge < -0.3 is 10.1 Å². The lowest BCUT2D eigenvalue weighted by Crippen LogP contribution is -2.28. The number of rotatable bonds is 8. The van der Waals surface area contributed by atoms with Crippen molar-refractivity contribution < 1.29 is 9.53 Å². The fourth-order valence-electron chi connectivity index (χ4n) is 4.16. The quantitative estimate of drug-likeness (QED) is 0.415. The van der Waals surface area contributed by atoms with E-state index in [4.69, 9.17) is 14.8 Å². The predicted molar refractivity (Wildman–Crippen MR) is 131 cm³/mol. The van der Waals surface area contributed by atoms with Crippen LogP contribution in [-0.4, -0.2) is 34.3 Å². The fourth-order valence-corrected chi connectivity index (χ4v) is 4.16. The minimum atomic E-state index is 0.00430. The van der Waals surface area contributed by atoms with Crippen LogP contribution in [0.25, 0.3) is 22.3 Å². The highest BCUT2D eigenvalue weighted by molar-refractivity contribution is 5.95. The Labute approximate surface area is 194 Å². The van der Waals surface area contributed by atoms with Crippen molar-refractivity contribution in [2.45, 2.75) is 39.7 Å².